The number of carbonyl (C=O) groups is 1. The molecule has 13 heavy (non-hydrogen) atoms. The standard InChI is InChI=1S/C5H6F5NO2/c6-4(7)13-2-1-11-3(12)5(8,9)10/h4H,1-2H2,(H,11,12). The fraction of sp³-hybridized carbons (Fsp3) is 0.800. The van der Waals surface area contributed by atoms with Gasteiger partial charge >= 0.3 is 18.7 Å². The number of ether oxygens (including phenoxy) is 1. The summed E-state index contributed by atoms with van der Waals surface area (Å²) in [6.45, 7) is -4.33. The van der Waals surface area contributed by atoms with Crippen LogP contribution in [0.15, 0.2) is 0 Å². The van der Waals surface area contributed by atoms with E-state index in [1.54, 1.807) is 0 Å². The fourth-order valence-corrected chi connectivity index (χ4v) is 0.413. The lowest BCUT2D eigenvalue weighted by Crippen LogP contribution is -2.38. The van der Waals surface area contributed by atoms with Gasteiger partial charge in [-0.15, -0.1) is 0 Å². The van der Waals surface area contributed by atoms with Crippen LogP contribution in [0.1, 0.15) is 0 Å². The summed E-state index contributed by atoms with van der Waals surface area (Å²) in [5, 5.41) is 1.36. The van der Waals surface area contributed by atoms with Gasteiger partial charge in [0, 0.05) is 6.54 Å². The van der Waals surface area contributed by atoms with Crippen LogP contribution in [0, 0.1) is 0 Å². The zero-order chi connectivity index (χ0) is 10.5. The number of amides is 1. The Hall–Kier alpha value is -0.920. The molecule has 0 unspecified atom stereocenters. The van der Waals surface area contributed by atoms with Crippen LogP contribution in [0.25, 0.3) is 0 Å². The third-order valence-electron chi connectivity index (χ3n) is 0.889. The largest absolute Gasteiger partial charge is 0.471 e. The smallest absolute Gasteiger partial charge is 0.346 e. The van der Waals surface area contributed by atoms with Gasteiger partial charge in [0.2, 0.25) is 0 Å². The van der Waals surface area contributed by atoms with Gasteiger partial charge in [-0.3, -0.25) is 4.79 Å². The molecule has 78 valence electrons. The minimum Gasteiger partial charge on any atom is -0.346 e. The van der Waals surface area contributed by atoms with Gasteiger partial charge in [-0.25, -0.2) is 0 Å². The lowest BCUT2D eigenvalue weighted by molar-refractivity contribution is -0.174. The van der Waals surface area contributed by atoms with E-state index in [1.165, 1.54) is 5.32 Å². The molecular formula is C5H6F5NO2. The molecular weight excluding hydrogens is 201 g/mol. The molecule has 0 aliphatic carbocycles. The second-order valence-corrected chi connectivity index (χ2v) is 1.89. The van der Waals surface area contributed by atoms with Gasteiger partial charge in [-0.05, 0) is 0 Å². The Kier molecular flexibility index (Phi) is 4.60. The molecule has 0 aromatic rings. The van der Waals surface area contributed by atoms with Crippen LogP contribution in [0.3, 0.4) is 0 Å². The van der Waals surface area contributed by atoms with E-state index in [4.69, 9.17) is 0 Å². The first-order valence-electron chi connectivity index (χ1n) is 3.09. The topological polar surface area (TPSA) is 38.3 Å². The molecule has 0 fully saturated rings. The average molecular weight is 207 g/mol. The fourth-order valence-electron chi connectivity index (χ4n) is 0.413. The van der Waals surface area contributed by atoms with Gasteiger partial charge in [0.15, 0.2) is 0 Å². The Labute approximate surface area is 69.9 Å². The Morgan fingerprint density at radius 3 is 2.31 bits per heavy atom. The molecule has 1 amide bonds. The molecule has 0 saturated heterocycles. The van der Waals surface area contributed by atoms with Crippen molar-refractivity contribution in [1.29, 1.82) is 0 Å². The summed E-state index contributed by atoms with van der Waals surface area (Å²) in [6, 6.07) is 0. The normalized spacial score (nSPS) is 11.8. The Morgan fingerprint density at radius 1 is 1.38 bits per heavy atom. The molecule has 0 aliphatic rings. The zero-order valence-corrected chi connectivity index (χ0v) is 6.20. The third-order valence-corrected chi connectivity index (χ3v) is 0.889. The van der Waals surface area contributed by atoms with Crippen LogP contribution in [-0.4, -0.2) is 31.8 Å². The number of carbonyl (C=O) groups excluding carboxylic acids is 1. The van der Waals surface area contributed by atoms with E-state index in [1.807, 2.05) is 0 Å². The second-order valence-electron chi connectivity index (χ2n) is 1.89. The predicted octanol–water partition coefficient (Wildman–Crippen LogP) is 0.904. The van der Waals surface area contributed by atoms with Crippen LogP contribution >= 0.6 is 0 Å². The summed E-state index contributed by atoms with van der Waals surface area (Å²) in [7, 11) is 0. The molecule has 0 aromatic carbocycles. The summed E-state index contributed by atoms with van der Waals surface area (Å²) in [4.78, 5) is 10.0. The highest BCUT2D eigenvalue weighted by Crippen LogP contribution is 2.13. The van der Waals surface area contributed by atoms with E-state index in [-0.39, 0.29) is 0 Å². The molecule has 0 aromatic heterocycles. The van der Waals surface area contributed by atoms with Crippen molar-refractivity contribution in [3.8, 4) is 0 Å². The summed E-state index contributed by atoms with van der Waals surface area (Å²) < 4.78 is 60.4. The second kappa shape index (κ2) is 4.95. The first kappa shape index (κ1) is 12.1. The first-order chi connectivity index (χ1) is 5.84. The Bertz CT molecular complexity index is 169. The van der Waals surface area contributed by atoms with E-state index < -0.39 is 31.8 Å². The Morgan fingerprint density at radius 2 is 1.92 bits per heavy atom. The number of nitrogens with one attached hydrogen (secondary N) is 1. The highest BCUT2D eigenvalue weighted by atomic mass is 19.4. The number of hydrogen-bond acceptors (Lipinski definition) is 2. The molecule has 0 saturated carbocycles. The highest BCUT2D eigenvalue weighted by molar-refractivity contribution is 5.81. The van der Waals surface area contributed by atoms with Crippen LogP contribution in [0.2, 0.25) is 0 Å². The van der Waals surface area contributed by atoms with Crippen molar-refractivity contribution in [3.05, 3.63) is 0 Å². The summed E-state index contributed by atoms with van der Waals surface area (Å²) >= 11 is 0. The molecule has 1 N–H and O–H groups in total. The van der Waals surface area contributed by atoms with E-state index in [2.05, 4.69) is 4.74 Å². The van der Waals surface area contributed by atoms with Crippen molar-refractivity contribution >= 4 is 5.91 Å². The minimum atomic E-state index is -5.00. The minimum absolute atomic E-state index is 0.608. The molecule has 0 rings (SSSR count). The van der Waals surface area contributed by atoms with E-state index in [0.29, 0.717) is 0 Å². The summed E-state index contributed by atoms with van der Waals surface area (Å²) in [6.07, 6.45) is -5.00. The molecule has 0 spiro atoms. The molecule has 0 heterocycles. The van der Waals surface area contributed by atoms with Crippen molar-refractivity contribution < 1.29 is 31.5 Å². The quantitative estimate of drug-likeness (QED) is 0.549. The van der Waals surface area contributed by atoms with E-state index in [0.717, 1.165) is 0 Å². The number of rotatable bonds is 4. The van der Waals surface area contributed by atoms with Gasteiger partial charge in [0.1, 0.15) is 0 Å². The molecule has 0 radical (unpaired) electrons. The monoisotopic (exact) mass is 207 g/mol. The van der Waals surface area contributed by atoms with E-state index in [9.17, 15) is 26.7 Å². The highest BCUT2D eigenvalue weighted by Gasteiger charge is 2.38. The third kappa shape index (κ3) is 6.26. The molecule has 3 nitrogen and oxygen atoms in total. The molecule has 0 atom stereocenters. The van der Waals surface area contributed by atoms with Crippen molar-refractivity contribution in [1.82, 2.24) is 5.32 Å². The lowest BCUT2D eigenvalue weighted by atomic mass is 10.5. The molecule has 0 bridgehead atoms. The maximum atomic E-state index is 11.4. The number of alkyl halides is 5. The number of halogens is 5. The predicted molar refractivity (Wildman–Crippen MR) is 31.0 cm³/mol. The number of hydrogen-bond donors (Lipinski definition) is 1. The van der Waals surface area contributed by atoms with Gasteiger partial charge in [0.25, 0.3) is 0 Å². The average Bonchev–Trinajstić information content (AvgIpc) is 1.95. The van der Waals surface area contributed by atoms with Crippen molar-refractivity contribution in [3.63, 3.8) is 0 Å². The van der Waals surface area contributed by atoms with Gasteiger partial charge in [-0.1, -0.05) is 0 Å². The zero-order valence-electron chi connectivity index (χ0n) is 6.20. The molecule has 8 heteroatoms. The summed E-state index contributed by atoms with van der Waals surface area (Å²) in [5.74, 6) is -2.18. The van der Waals surface area contributed by atoms with Crippen molar-refractivity contribution in [2.24, 2.45) is 0 Å². The van der Waals surface area contributed by atoms with Crippen LogP contribution in [0.4, 0.5) is 22.0 Å². The van der Waals surface area contributed by atoms with Crippen LogP contribution in [0.5, 0.6) is 0 Å². The Balaban J connectivity index is 3.49. The maximum absolute atomic E-state index is 11.4. The SMILES string of the molecule is O=C(NCCOC(F)F)C(F)(F)F. The summed E-state index contributed by atoms with van der Waals surface area (Å²) in [5.41, 5.74) is 0. The van der Waals surface area contributed by atoms with Gasteiger partial charge in [0.05, 0.1) is 6.61 Å². The molecule has 0 aliphatic heterocycles. The van der Waals surface area contributed by atoms with Crippen LogP contribution < -0.4 is 5.32 Å². The van der Waals surface area contributed by atoms with Gasteiger partial charge in [-0.2, -0.15) is 22.0 Å². The van der Waals surface area contributed by atoms with Crippen molar-refractivity contribution in [2.45, 2.75) is 12.8 Å². The first-order valence-corrected chi connectivity index (χ1v) is 3.09. The maximum Gasteiger partial charge on any atom is 0.471 e. The van der Waals surface area contributed by atoms with Gasteiger partial charge < -0.3 is 10.1 Å². The lowest BCUT2D eigenvalue weighted by Gasteiger charge is -2.07. The van der Waals surface area contributed by atoms with Crippen LogP contribution in [-0.2, 0) is 9.53 Å². The van der Waals surface area contributed by atoms with E-state index >= 15 is 0 Å². The van der Waals surface area contributed by atoms with Crippen molar-refractivity contribution in [2.75, 3.05) is 13.2 Å².